The maximum atomic E-state index is 6.13. The molecule has 2 N–H and O–H groups in total. The highest BCUT2D eigenvalue weighted by atomic mass is 32.2. The largest absolute Gasteiger partial charge is 0.329 e. The molecule has 0 bridgehead atoms. The standard InChI is InChI=1S/C14H30N2S/c1-4-5-6-9-16(13(2)3)14(11-15)8-7-10-17-12-14/h13H,4-12,15H2,1-3H3. The molecule has 0 amide bonds. The van der Waals surface area contributed by atoms with E-state index in [1.807, 2.05) is 0 Å². The third-order valence-electron chi connectivity index (χ3n) is 3.92. The van der Waals surface area contributed by atoms with Crippen LogP contribution < -0.4 is 5.73 Å². The number of unbranched alkanes of at least 4 members (excludes halogenated alkanes) is 2. The lowest BCUT2D eigenvalue weighted by Crippen LogP contribution is -2.59. The van der Waals surface area contributed by atoms with Crippen molar-refractivity contribution in [1.29, 1.82) is 0 Å². The van der Waals surface area contributed by atoms with Gasteiger partial charge in [-0.2, -0.15) is 11.8 Å². The summed E-state index contributed by atoms with van der Waals surface area (Å²) in [6, 6.07) is 0.620. The average Bonchev–Trinajstić information content (AvgIpc) is 2.35. The molecule has 0 aromatic rings. The van der Waals surface area contributed by atoms with Crippen LogP contribution in [0.25, 0.3) is 0 Å². The summed E-state index contributed by atoms with van der Waals surface area (Å²) in [4.78, 5) is 2.69. The van der Waals surface area contributed by atoms with Crippen LogP contribution in [0.3, 0.4) is 0 Å². The van der Waals surface area contributed by atoms with Crippen molar-refractivity contribution in [2.24, 2.45) is 5.73 Å². The van der Waals surface area contributed by atoms with E-state index in [2.05, 4.69) is 37.4 Å². The molecule has 1 aliphatic rings. The zero-order valence-electron chi connectivity index (χ0n) is 11.9. The lowest BCUT2D eigenvalue weighted by molar-refractivity contribution is 0.0675. The molecule has 3 heteroatoms. The SMILES string of the molecule is CCCCCN(C(C)C)C1(CN)CCCSC1. The molecule has 2 nitrogen and oxygen atoms in total. The number of rotatable bonds is 7. The van der Waals surface area contributed by atoms with E-state index in [0.29, 0.717) is 6.04 Å². The second kappa shape index (κ2) is 7.65. The first-order chi connectivity index (χ1) is 8.16. The molecule has 1 heterocycles. The predicted octanol–water partition coefficient (Wildman–Crippen LogP) is 3.11. The van der Waals surface area contributed by atoms with Gasteiger partial charge >= 0.3 is 0 Å². The minimum atomic E-state index is 0.283. The summed E-state index contributed by atoms with van der Waals surface area (Å²) < 4.78 is 0. The predicted molar refractivity (Wildman–Crippen MR) is 79.7 cm³/mol. The molecule has 0 aromatic carbocycles. The van der Waals surface area contributed by atoms with Crippen LogP contribution in [0.5, 0.6) is 0 Å². The first-order valence-electron chi connectivity index (χ1n) is 7.21. The molecule has 1 unspecified atom stereocenters. The lowest BCUT2D eigenvalue weighted by atomic mass is 9.91. The summed E-state index contributed by atoms with van der Waals surface area (Å²) in [6.07, 6.45) is 6.59. The van der Waals surface area contributed by atoms with Gasteiger partial charge in [-0.15, -0.1) is 0 Å². The molecular formula is C14H30N2S. The second-order valence-corrected chi connectivity index (χ2v) is 6.68. The monoisotopic (exact) mass is 258 g/mol. The van der Waals surface area contributed by atoms with Crippen molar-refractivity contribution in [2.45, 2.75) is 64.5 Å². The molecule has 0 aromatic heterocycles. The van der Waals surface area contributed by atoms with Crippen LogP contribution in [0.2, 0.25) is 0 Å². The van der Waals surface area contributed by atoms with Crippen LogP contribution in [-0.2, 0) is 0 Å². The Hall–Kier alpha value is 0.270. The van der Waals surface area contributed by atoms with Gasteiger partial charge in [0.1, 0.15) is 0 Å². The Kier molecular flexibility index (Phi) is 6.90. The van der Waals surface area contributed by atoms with Gasteiger partial charge in [0, 0.05) is 23.9 Å². The molecule has 1 atom stereocenters. The van der Waals surface area contributed by atoms with E-state index in [4.69, 9.17) is 5.73 Å². The van der Waals surface area contributed by atoms with E-state index in [1.165, 1.54) is 50.2 Å². The normalized spacial score (nSPS) is 25.8. The topological polar surface area (TPSA) is 29.3 Å². The smallest absolute Gasteiger partial charge is 0.0424 e. The van der Waals surface area contributed by atoms with Crippen LogP contribution in [0.4, 0.5) is 0 Å². The van der Waals surface area contributed by atoms with Gasteiger partial charge in [-0.3, -0.25) is 4.90 Å². The van der Waals surface area contributed by atoms with E-state index in [9.17, 15) is 0 Å². The molecular weight excluding hydrogens is 228 g/mol. The van der Waals surface area contributed by atoms with Gasteiger partial charge in [-0.25, -0.2) is 0 Å². The highest BCUT2D eigenvalue weighted by Gasteiger charge is 2.37. The fraction of sp³-hybridized carbons (Fsp3) is 1.00. The summed E-state index contributed by atoms with van der Waals surface area (Å²) in [5, 5.41) is 0. The molecule has 0 aliphatic carbocycles. The fourth-order valence-corrected chi connectivity index (χ4v) is 4.22. The molecule has 1 aliphatic heterocycles. The van der Waals surface area contributed by atoms with Gasteiger partial charge in [-0.1, -0.05) is 19.8 Å². The number of hydrogen-bond donors (Lipinski definition) is 1. The van der Waals surface area contributed by atoms with Crippen LogP contribution in [0.1, 0.15) is 52.9 Å². The Morgan fingerprint density at radius 2 is 2.12 bits per heavy atom. The molecule has 102 valence electrons. The van der Waals surface area contributed by atoms with Gasteiger partial charge in [0.25, 0.3) is 0 Å². The highest BCUT2D eigenvalue weighted by Crippen LogP contribution is 2.33. The Balaban J connectivity index is 2.64. The third kappa shape index (κ3) is 4.15. The Morgan fingerprint density at radius 3 is 2.59 bits per heavy atom. The Morgan fingerprint density at radius 1 is 1.35 bits per heavy atom. The fourth-order valence-electron chi connectivity index (χ4n) is 2.92. The van der Waals surface area contributed by atoms with E-state index in [-0.39, 0.29) is 5.54 Å². The number of nitrogens with zero attached hydrogens (tertiary/aromatic N) is 1. The van der Waals surface area contributed by atoms with Crippen molar-refractivity contribution in [3.63, 3.8) is 0 Å². The van der Waals surface area contributed by atoms with Crippen molar-refractivity contribution in [3.8, 4) is 0 Å². The summed E-state index contributed by atoms with van der Waals surface area (Å²) in [7, 11) is 0. The molecule has 0 radical (unpaired) electrons. The Bertz CT molecular complexity index is 200. The van der Waals surface area contributed by atoms with Crippen LogP contribution in [0.15, 0.2) is 0 Å². The molecule has 1 saturated heterocycles. The van der Waals surface area contributed by atoms with Gasteiger partial charge < -0.3 is 5.73 Å². The van der Waals surface area contributed by atoms with Crippen molar-refractivity contribution in [1.82, 2.24) is 4.90 Å². The lowest BCUT2D eigenvalue weighted by Gasteiger charge is -2.48. The highest BCUT2D eigenvalue weighted by molar-refractivity contribution is 7.99. The Labute approximate surface area is 112 Å². The summed E-state index contributed by atoms with van der Waals surface area (Å²) in [5.74, 6) is 2.55. The van der Waals surface area contributed by atoms with E-state index in [0.717, 1.165) is 6.54 Å². The zero-order valence-corrected chi connectivity index (χ0v) is 12.7. The van der Waals surface area contributed by atoms with Gasteiger partial charge in [0.05, 0.1) is 0 Å². The van der Waals surface area contributed by atoms with Crippen LogP contribution in [-0.4, -0.2) is 41.1 Å². The molecule has 0 spiro atoms. The minimum absolute atomic E-state index is 0.283. The maximum absolute atomic E-state index is 6.13. The van der Waals surface area contributed by atoms with Crippen molar-refractivity contribution >= 4 is 11.8 Å². The van der Waals surface area contributed by atoms with Gasteiger partial charge in [0.2, 0.25) is 0 Å². The molecule has 0 saturated carbocycles. The number of thioether (sulfide) groups is 1. The van der Waals surface area contributed by atoms with Crippen LogP contribution in [0, 0.1) is 0 Å². The summed E-state index contributed by atoms with van der Waals surface area (Å²) in [5.41, 5.74) is 6.41. The first kappa shape index (κ1) is 15.3. The first-order valence-corrected chi connectivity index (χ1v) is 8.36. The average molecular weight is 258 g/mol. The summed E-state index contributed by atoms with van der Waals surface area (Å²) in [6.45, 7) is 8.97. The quantitative estimate of drug-likeness (QED) is 0.712. The van der Waals surface area contributed by atoms with E-state index in [1.54, 1.807) is 0 Å². The zero-order chi connectivity index (χ0) is 12.7. The van der Waals surface area contributed by atoms with Crippen molar-refractivity contribution < 1.29 is 0 Å². The molecule has 17 heavy (non-hydrogen) atoms. The number of hydrogen-bond acceptors (Lipinski definition) is 3. The maximum Gasteiger partial charge on any atom is 0.0424 e. The molecule has 1 fully saturated rings. The molecule has 1 rings (SSSR count). The third-order valence-corrected chi connectivity index (χ3v) is 5.24. The summed E-state index contributed by atoms with van der Waals surface area (Å²) >= 11 is 2.09. The van der Waals surface area contributed by atoms with Crippen molar-refractivity contribution in [2.75, 3.05) is 24.6 Å². The van der Waals surface area contributed by atoms with Gasteiger partial charge in [0.15, 0.2) is 0 Å². The van der Waals surface area contributed by atoms with E-state index < -0.39 is 0 Å². The second-order valence-electron chi connectivity index (χ2n) is 5.58. The van der Waals surface area contributed by atoms with Crippen molar-refractivity contribution in [3.05, 3.63) is 0 Å². The van der Waals surface area contributed by atoms with E-state index >= 15 is 0 Å². The van der Waals surface area contributed by atoms with Crippen LogP contribution >= 0.6 is 11.8 Å². The number of nitrogens with two attached hydrogens (primary N) is 1. The van der Waals surface area contributed by atoms with Gasteiger partial charge in [-0.05, 0) is 45.4 Å². The minimum Gasteiger partial charge on any atom is -0.329 e.